The third-order valence-electron chi connectivity index (χ3n) is 5.10. The Morgan fingerprint density at radius 3 is 2.08 bits per heavy atom. The number of ether oxygens (including phenoxy) is 4. The number of benzene rings is 2. The van der Waals surface area contributed by atoms with Crippen molar-refractivity contribution in [1.29, 1.82) is 0 Å². The fraction of sp³-hybridized carbons (Fsp3) is 0.483. The van der Waals surface area contributed by atoms with Crippen LogP contribution in [0.15, 0.2) is 54.6 Å². The number of alkyl carbamates (subject to hydrolysis) is 1. The first kappa shape index (κ1) is 29.7. The molecule has 0 aliphatic rings. The van der Waals surface area contributed by atoms with Gasteiger partial charge < -0.3 is 24.3 Å². The van der Waals surface area contributed by atoms with Crippen molar-refractivity contribution < 1.29 is 33.3 Å². The van der Waals surface area contributed by atoms with Crippen LogP contribution in [0, 0.1) is 11.8 Å². The van der Waals surface area contributed by atoms with Crippen molar-refractivity contribution >= 4 is 18.0 Å². The number of amides is 1. The number of nitrogens with one attached hydrogen (secondary N) is 1. The molecule has 2 aromatic rings. The highest BCUT2D eigenvalue weighted by Gasteiger charge is 2.27. The Bertz CT molecular complexity index is 958. The Hall–Kier alpha value is -3.55. The molecule has 0 radical (unpaired) electrons. The molecule has 2 aromatic carbocycles. The first-order valence-electron chi connectivity index (χ1n) is 12.7. The van der Waals surface area contributed by atoms with E-state index in [4.69, 9.17) is 18.9 Å². The predicted molar refractivity (Wildman–Crippen MR) is 140 cm³/mol. The van der Waals surface area contributed by atoms with E-state index in [1.165, 1.54) is 0 Å². The molecule has 0 aromatic heterocycles. The van der Waals surface area contributed by atoms with E-state index in [9.17, 15) is 14.4 Å². The smallest absolute Gasteiger partial charge is 0.407 e. The molecule has 8 heteroatoms. The zero-order valence-electron chi connectivity index (χ0n) is 22.2. The first-order chi connectivity index (χ1) is 17.7. The number of carbonyl (C=O) groups is 3. The van der Waals surface area contributed by atoms with E-state index in [-0.39, 0.29) is 38.1 Å². The summed E-state index contributed by atoms with van der Waals surface area (Å²) in [4.78, 5) is 36.8. The lowest BCUT2D eigenvalue weighted by Crippen LogP contribution is -2.44. The second kappa shape index (κ2) is 16.2. The van der Waals surface area contributed by atoms with Gasteiger partial charge in [0.05, 0.1) is 26.2 Å². The zero-order valence-corrected chi connectivity index (χ0v) is 22.2. The van der Waals surface area contributed by atoms with Gasteiger partial charge in [0.15, 0.2) is 0 Å². The van der Waals surface area contributed by atoms with Gasteiger partial charge in [0, 0.05) is 0 Å². The summed E-state index contributed by atoms with van der Waals surface area (Å²) < 4.78 is 21.4. The summed E-state index contributed by atoms with van der Waals surface area (Å²) in [7, 11) is 0. The van der Waals surface area contributed by atoms with Gasteiger partial charge in [-0.25, -0.2) is 9.59 Å². The molecule has 0 aliphatic carbocycles. The van der Waals surface area contributed by atoms with Crippen LogP contribution in [0.4, 0.5) is 4.79 Å². The fourth-order valence-corrected chi connectivity index (χ4v) is 3.15. The van der Waals surface area contributed by atoms with Gasteiger partial charge in [-0.15, -0.1) is 0 Å². The number of esters is 2. The van der Waals surface area contributed by atoms with Gasteiger partial charge in [-0.2, -0.15) is 0 Å². The standard InChI is InChI=1S/C29H39NO7/c1-21(2)18-36-27(31)17-26(28(32)37-19-22(3)4)30-29(33)34-16-8-11-23-12-14-25(15-13-23)35-20-24-9-6-5-7-10-24/h5-7,9-10,12-15,21-22,26H,8,11,16-20H2,1-4H3,(H,30,33)/t26-/m0/s1. The van der Waals surface area contributed by atoms with Crippen molar-refractivity contribution in [3.63, 3.8) is 0 Å². The second-order valence-corrected chi connectivity index (χ2v) is 9.66. The van der Waals surface area contributed by atoms with Crippen LogP contribution in [0.5, 0.6) is 5.75 Å². The topological polar surface area (TPSA) is 100 Å². The Morgan fingerprint density at radius 2 is 1.43 bits per heavy atom. The molecule has 0 unspecified atom stereocenters. The molecule has 1 amide bonds. The van der Waals surface area contributed by atoms with Crippen LogP contribution in [-0.2, 0) is 36.8 Å². The van der Waals surface area contributed by atoms with Gasteiger partial charge in [-0.1, -0.05) is 70.2 Å². The van der Waals surface area contributed by atoms with Crippen molar-refractivity contribution in [3.8, 4) is 5.75 Å². The minimum absolute atomic E-state index is 0.119. The minimum atomic E-state index is -1.17. The van der Waals surface area contributed by atoms with Crippen molar-refractivity contribution in [3.05, 3.63) is 65.7 Å². The molecule has 0 saturated heterocycles. The first-order valence-corrected chi connectivity index (χ1v) is 12.7. The number of hydrogen-bond acceptors (Lipinski definition) is 7. The third kappa shape index (κ3) is 12.8. The van der Waals surface area contributed by atoms with Crippen molar-refractivity contribution in [2.45, 2.75) is 59.6 Å². The van der Waals surface area contributed by atoms with E-state index in [1.54, 1.807) is 0 Å². The molecule has 0 heterocycles. The van der Waals surface area contributed by atoms with Crippen LogP contribution in [0.2, 0.25) is 0 Å². The largest absolute Gasteiger partial charge is 0.489 e. The molecule has 0 saturated carbocycles. The number of aryl methyl sites for hydroxylation is 1. The summed E-state index contributed by atoms with van der Waals surface area (Å²) in [6.45, 7) is 8.68. The molecule has 37 heavy (non-hydrogen) atoms. The monoisotopic (exact) mass is 513 g/mol. The molecule has 202 valence electrons. The molecule has 2 rings (SSSR count). The number of rotatable bonds is 15. The van der Waals surface area contributed by atoms with E-state index in [0.29, 0.717) is 19.4 Å². The average Bonchev–Trinajstić information content (AvgIpc) is 2.88. The lowest BCUT2D eigenvalue weighted by molar-refractivity contribution is -0.153. The van der Waals surface area contributed by atoms with Gasteiger partial charge in [0.2, 0.25) is 0 Å². The Balaban J connectivity index is 1.75. The maximum Gasteiger partial charge on any atom is 0.407 e. The SMILES string of the molecule is CC(C)COC(=O)C[C@H](NC(=O)OCCCc1ccc(OCc2ccccc2)cc1)C(=O)OCC(C)C. The van der Waals surface area contributed by atoms with E-state index in [0.717, 1.165) is 16.9 Å². The van der Waals surface area contributed by atoms with E-state index < -0.39 is 24.1 Å². The van der Waals surface area contributed by atoms with Gasteiger partial charge in [0.25, 0.3) is 0 Å². The van der Waals surface area contributed by atoms with Gasteiger partial charge >= 0.3 is 18.0 Å². The Kier molecular flexibility index (Phi) is 13.0. The van der Waals surface area contributed by atoms with E-state index in [1.807, 2.05) is 82.3 Å². The van der Waals surface area contributed by atoms with E-state index >= 15 is 0 Å². The summed E-state index contributed by atoms with van der Waals surface area (Å²) in [5, 5.41) is 2.44. The van der Waals surface area contributed by atoms with Crippen LogP contribution in [0.3, 0.4) is 0 Å². The van der Waals surface area contributed by atoms with Crippen LogP contribution >= 0.6 is 0 Å². The summed E-state index contributed by atoms with van der Waals surface area (Å²) in [5.41, 5.74) is 2.18. The lowest BCUT2D eigenvalue weighted by Gasteiger charge is -2.18. The quantitative estimate of drug-likeness (QED) is 0.201. The highest BCUT2D eigenvalue weighted by atomic mass is 16.6. The van der Waals surface area contributed by atoms with E-state index in [2.05, 4.69) is 5.32 Å². The summed E-state index contributed by atoms with van der Waals surface area (Å²) in [6.07, 6.45) is 0.189. The third-order valence-corrected chi connectivity index (χ3v) is 5.10. The fourth-order valence-electron chi connectivity index (χ4n) is 3.15. The maximum atomic E-state index is 12.4. The van der Waals surface area contributed by atoms with Crippen LogP contribution in [0.25, 0.3) is 0 Å². The molecule has 1 atom stereocenters. The van der Waals surface area contributed by atoms with Crippen LogP contribution in [-0.4, -0.2) is 43.9 Å². The molecule has 8 nitrogen and oxygen atoms in total. The van der Waals surface area contributed by atoms with Crippen molar-refractivity contribution in [1.82, 2.24) is 5.32 Å². The summed E-state index contributed by atoms with van der Waals surface area (Å²) in [5.74, 6) is -0.218. The molecule has 0 aliphatic heterocycles. The molecular formula is C29H39NO7. The molecule has 0 bridgehead atoms. The highest BCUT2D eigenvalue weighted by molar-refractivity contribution is 5.86. The predicted octanol–water partition coefficient (Wildman–Crippen LogP) is 5.08. The van der Waals surface area contributed by atoms with Crippen LogP contribution < -0.4 is 10.1 Å². The highest BCUT2D eigenvalue weighted by Crippen LogP contribution is 2.15. The lowest BCUT2D eigenvalue weighted by atomic mass is 10.1. The van der Waals surface area contributed by atoms with Gasteiger partial charge in [-0.3, -0.25) is 4.79 Å². The molecule has 0 fully saturated rings. The second-order valence-electron chi connectivity index (χ2n) is 9.66. The molecule has 1 N–H and O–H groups in total. The van der Waals surface area contributed by atoms with Crippen molar-refractivity contribution in [2.24, 2.45) is 11.8 Å². The Morgan fingerprint density at radius 1 is 0.784 bits per heavy atom. The average molecular weight is 514 g/mol. The maximum absolute atomic E-state index is 12.4. The van der Waals surface area contributed by atoms with Crippen molar-refractivity contribution in [2.75, 3.05) is 19.8 Å². The normalized spacial score (nSPS) is 11.6. The summed E-state index contributed by atoms with van der Waals surface area (Å²) in [6, 6.07) is 16.6. The zero-order chi connectivity index (χ0) is 27.0. The summed E-state index contributed by atoms with van der Waals surface area (Å²) >= 11 is 0. The molecular weight excluding hydrogens is 474 g/mol. The number of carbonyl (C=O) groups excluding carboxylic acids is 3. The van der Waals surface area contributed by atoms with Crippen LogP contribution in [0.1, 0.15) is 51.7 Å². The van der Waals surface area contributed by atoms with Gasteiger partial charge in [-0.05, 0) is 47.9 Å². The molecule has 0 spiro atoms. The van der Waals surface area contributed by atoms with Gasteiger partial charge in [0.1, 0.15) is 18.4 Å². The Labute approximate surface area is 219 Å². The number of hydrogen-bond donors (Lipinski definition) is 1. The minimum Gasteiger partial charge on any atom is -0.489 e.